The second-order valence-corrected chi connectivity index (χ2v) is 6.84. The third kappa shape index (κ3) is 2.74. The Labute approximate surface area is 143 Å². The molecular formula is C17H18N2O4S. The molecule has 1 N–H and O–H groups in total. The largest absolute Gasteiger partial charge is 0.467 e. The van der Waals surface area contributed by atoms with E-state index in [1.807, 2.05) is 22.9 Å². The third-order valence-corrected chi connectivity index (χ3v) is 5.36. The van der Waals surface area contributed by atoms with Crippen LogP contribution in [0.2, 0.25) is 0 Å². The molecule has 6 nitrogen and oxygen atoms in total. The number of likely N-dealkylation sites (tertiary alicyclic amines) is 1. The van der Waals surface area contributed by atoms with E-state index in [4.69, 9.17) is 9.15 Å². The number of hydrogen-bond donors (Lipinski definition) is 1. The molecular weight excluding hydrogens is 328 g/mol. The normalized spacial score (nSPS) is 25.7. The number of rotatable bonds is 4. The zero-order valence-electron chi connectivity index (χ0n) is 13.0. The van der Waals surface area contributed by atoms with E-state index < -0.39 is 0 Å². The molecule has 2 aromatic rings. The Bertz CT molecular complexity index is 713. The lowest BCUT2D eigenvalue weighted by Crippen LogP contribution is -2.37. The van der Waals surface area contributed by atoms with Crippen molar-refractivity contribution in [3.63, 3.8) is 0 Å². The first kappa shape index (κ1) is 15.4. The standard InChI is InChI=1S/C17H18N2O4S/c20-16(18-8-12-2-1-5-22-12)13-9-19(14-3-6-23-15(13)14)17(21)11-4-7-24-10-11/h1-2,4-5,7,10,13-15H,3,6,8-9H2,(H,18,20)/t13-,14-,15+/m1/s1. The lowest BCUT2D eigenvalue weighted by atomic mass is 10.0. The average Bonchev–Trinajstić information content (AvgIpc) is 3.37. The van der Waals surface area contributed by atoms with Gasteiger partial charge < -0.3 is 19.4 Å². The van der Waals surface area contributed by atoms with Crippen LogP contribution in [0.1, 0.15) is 22.5 Å². The molecule has 4 rings (SSSR count). The first-order valence-corrected chi connectivity index (χ1v) is 8.93. The summed E-state index contributed by atoms with van der Waals surface area (Å²) in [5, 5.41) is 6.62. The highest BCUT2D eigenvalue weighted by atomic mass is 32.1. The van der Waals surface area contributed by atoms with Crippen LogP contribution in [0, 0.1) is 5.92 Å². The number of amides is 2. The van der Waals surface area contributed by atoms with Crippen molar-refractivity contribution in [3.8, 4) is 0 Å². The molecule has 2 fully saturated rings. The number of furan rings is 1. The first-order chi connectivity index (χ1) is 11.7. The van der Waals surface area contributed by atoms with E-state index in [1.165, 1.54) is 11.3 Å². The van der Waals surface area contributed by atoms with Crippen LogP contribution >= 0.6 is 11.3 Å². The van der Waals surface area contributed by atoms with Gasteiger partial charge in [-0.15, -0.1) is 0 Å². The van der Waals surface area contributed by atoms with Gasteiger partial charge in [0, 0.05) is 18.5 Å². The van der Waals surface area contributed by atoms with Crippen molar-refractivity contribution < 1.29 is 18.7 Å². The zero-order valence-corrected chi connectivity index (χ0v) is 13.8. The number of fused-ring (bicyclic) bond motifs is 1. The molecule has 2 aliphatic rings. The van der Waals surface area contributed by atoms with Crippen molar-refractivity contribution in [2.75, 3.05) is 13.2 Å². The van der Waals surface area contributed by atoms with Crippen LogP contribution in [0.5, 0.6) is 0 Å². The number of thiophene rings is 1. The summed E-state index contributed by atoms with van der Waals surface area (Å²) in [6.45, 7) is 1.33. The van der Waals surface area contributed by atoms with Gasteiger partial charge in [0.2, 0.25) is 5.91 Å². The van der Waals surface area contributed by atoms with Gasteiger partial charge >= 0.3 is 0 Å². The fourth-order valence-corrected chi connectivity index (χ4v) is 4.13. The van der Waals surface area contributed by atoms with Gasteiger partial charge in [-0.25, -0.2) is 0 Å². The van der Waals surface area contributed by atoms with Gasteiger partial charge in [0.1, 0.15) is 5.76 Å². The minimum absolute atomic E-state index is 0.0157. The maximum absolute atomic E-state index is 12.7. The van der Waals surface area contributed by atoms with Crippen molar-refractivity contribution in [2.45, 2.75) is 25.1 Å². The predicted molar refractivity (Wildman–Crippen MR) is 87.5 cm³/mol. The van der Waals surface area contributed by atoms with E-state index in [1.54, 1.807) is 17.2 Å². The fraction of sp³-hybridized carbons (Fsp3) is 0.412. The van der Waals surface area contributed by atoms with Crippen LogP contribution in [0.4, 0.5) is 0 Å². The van der Waals surface area contributed by atoms with Crippen molar-refractivity contribution in [3.05, 3.63) is 46.5 Å². The Hall–Kier alpha value is -2.12. The van der Waals surface area contributed by atoms with Crippen molar-refractivity contribution >= 4 is 23.2 Å². The van der Waals surface area contributed by atoms with E-state index in [0.29, 0.717) is 31.0 Å². The molecule has 2 aliphatic heterocycles. The van der Waals surface area contributed by atoms with Crippen molar-refractivity contribution in [2.24, 2.45) is 5.92 Å². The number of nitrogens with zero attached hydrogens (tertiary/aromatic N) is 1. The summed E-state index contributed by atoms with van der Waals surface area (Å²) in [7, 11) is 0. The summed E-state index contributed by atoms with van der Waals surface area (Å²) in [5.74, 6) is 0.258. The minimum atomic E-state index is -0.338. The lowest BCUT2D eigenvalue weighted by molar-refractivity contribution is -0.127. The maximum atomic E-state index is 12.7. The summed E-state index contributed by atoms with van der Waals surface area (Å²) in [5.41, 5.74) is 0.683. The van der Waals surface area contributed by atoms with E-state index in [0.717, 1.165) is 6.42 Å². The Kier molecular flexibility index (Phi) is 4.12. The molecule has 0 radical (unpaired) electrons. The second kappa shape index (κ2) is 6.41. The molecule has 0 aliphatic carbocycles. The first-order valence-electron chi connectivity index (χ1n) is 7.99. The molecule has 0 spiro atoms. The molecule has 24 heavy (non-hydrogen) atoms. The predicted octanol–water partition coefficient (Wildman–Crippen LogP) is 1.89. The minimum Gasteiger partial charge on any atom is -0.467 e. The van der Waals surface area contributed by atoms with Crippen molar-refractivity contribution in [1.82, 2.24) is 10.2 Å². The number of ether oxygens (including phenoxy) is 1. The van der Waals surface area contributed by atoms with Gasteiger partial charge in [-0.2, -0.15) is 11.3 Å². The van der Waals surface area contributed by atoms with Gasteiger partial charge in [-0.1, -0.05) is 0 Å². The molecule has 3 atom stereocenters. The summed E-state index contributed by atoms with van der Waals surface area (Å²) in [6, 6.07) is 5.41. The average molecular weight is 346 g/mol. The van der Waals surface area contributed by atoms with Gasteiger partial charge in [0.05, 0.1) is 36.4 Å². The summed E-state index contributed by atoms with van der Waals surface area (Å²) in [4.78, 5) is 27.1. The Morgan fingerprint density at radius 1 is 1.38 bits per heavy atom. The zero-order chi connectivity index (χ0) is 16.5. The molecule has 0 unspecified atom stereocenters. The molecule has 4 heterocycles. The van der Waals surface area contributed by atoms with Gasteiger partial charge in [0.25, 0.3) is 5.91 Å². The molecule has 2 amide bonds. The van der Waals surface area contributed by atoms with Gasteiger partial charge in [0.15, 0.2) is 0 Å². The van der Waals surface area contributed by atoms with Crippen LogP contribution in [-0.4, -0.2) is 42.0 Å². The fourth-order valence-electron chi connectivity index (χ4n) is 3.51. The van der Waals surface area contributed by atoms with Gasteiger partial charge in [-0.05, 0) is 30.0 Å². The number of carbonyl (C=O) groups is 2. The third-order valence-electron chi connectivity index (χ3n) is 4.68. The number of nitrogens with one attached hydrogen (secondary N) is 1. The van der Waals surface area contributed by atoms with Crippen molar-refractivity contribution in [1.29, 1.82) is 0 Å². The Morgan fingerprint density at radius 3 is 3.04 bits per heavy atom. The summed E-state index contributed by atoms with van der Waals surface area (Å²) < 4.78 is 11.0. The Balaban J connectivity index is 1.46. The SMILES string of the molecule is O=C(NCc1ccco1)[C@@H]1CN(C(=O)c2ccsc2)[C@@H]2CCO[C@H]21. The van der Waals surface area contributed by atoms with E-state index in [9.17, 15) is 9.59 Å². The monoisotopic (exact) mass is 346 g/mol. The van der Waals surface area contributed by atoms with Gasteiger partial charge in [-0.3, -0.25) is 9.59 Å². The molecule has 0 bridgehead atoms. The van der Waals surface area contributed by atoms with Crippen LogP contribution in [0.25, 0.3) is 0 Å². The molecule has 2 aromatic heterocycles. The molecule has 0 aromatic carbocycles. The maximum Gasteiger partial charge on any atom is 0.255 e. The highest BCUT2D eigenvalue weighted by molar-refractivity contribution is 7.08. The topological polar surface area (TPSA) is 71.8 Å². The number of hydrogen-bond acceptors (Lipinski definition) is 5. The lowest BCUT2D eigenvalue weighted by Gasteiger charge is -2.21. The molecule has 126 valence electrons. The van der Waals surface area contributed by atoms with E-state index in [-0.39, 0.29) is 29.9 Å². The Morgan fingerprint density at radius 2 is 2.29 bits per heavy atom. The molecule has 0 saturated carbocycles. The summed E-state index contributed by atoms with van der Waals surface area (Å²) >= 11 is 1.50. The number of carbonyl (C=O) groups excluding carboxylic acids is 2. The summed E-state index contributed by atoms with van der Waals surface area (Å²) in [6.07, 6.45) is 2.14. The van der Waals surface area contributed by atoms with Crippen LogP contribution in [0.15, 0.2) is 39.6 Å². The second-order valence-electron chi connectivity index (χ2n) is 6.06. The molecule has 2 saturated heterocycles. The highest BCUT2D eigenvalue weighted by Gasteiger charge is 2.50. The quantitative estimate of drug-likeness (QED) is 0.918. The highest BCUT2D eigenvalue weighted by Crippen LogP contribution is 2.34. The van der Waals surface area contributed by atoms with E-state index >= 15 is 0 Å². The van der Waals surface area contributed by atoms with Crippen LogP contribution in [-0.2, 0) is 16.1 Å². The smallest absolute Gasteiger partial charge is 0.255 e. The van der Waals surface area contributed by atoms with Crippen LogP contribution in [0.3, 0.4) is 0 Å². The van der Waals surface area contributed by atoms with Crippen LogP contribution < -0.4 is 5.32 Å². The van der Waals surface area contributed by atoms with E-state index in [2.05, 4.69) is 5.32 Å². The molecule has 7 heteroatoms.